The number of benzene rings is 2. The zero-order valence-corrected chi connectivity index (χ0v) is 16.4. The third-order valence-electron chi connectivity index (χ3n) is 5.19. The van der Waals surface area contributed by atoms with Crippen molar-refractivity contribution in [2.24, 2.45) is 0 Å². The van der Waals surface area contributed by atoms with Gasteiger partial charge in [-0.25, -0.2) is 0 Å². The van der Waals surface area contributed by atoms with E-state index >= 15 is 0 Å². The monoisotopic (exact) mass is 423 g/mol. The second kappa shape index (κ2) is 8.49. The minimum Gasteiger partial charge on any atom is -0.489 e. The molecular weight excluding hydrogens is 403 g/mol. The lowest BCUT2D eigenvalue weighted by molar-refractivity contribution is -0.138. The van der Waals surface area contributed by atoms with Crippen molar-refractivity contribution < 1.29 is 22.7 Å². The van der Waals surface area contributed by atoms with Gasteiger partial charge in [0.25, 0.3) is 0 Å². The average Bonchev–Trinajstić information content (AvgIpc) is 3.18. The largest absolute Gasteiger partial charge is 0.489 e. The van der Waals surface area contributed by atoms with Gasteiger partial charge in [0.05, 0.1) is 11.0 Å². The topological polar surface area (TPSA) is 38.3 Å². The molecule has 0 heterocycles. The first-order valence-corrected chi connectivity index (χ1v) is 9.66. The number of alkyl halides is 3. The fourth-order valence-electron chi connectivity index (χ4n) is 3.75. The number of nitrogens with one attached hydrogen (secondary N) is 1. The summed E-state index contributed by atoms with van der Waals surface area (Å²) in [5.74, 6) is -0.617. The van der Waals surface area contributed by atoms with Crippen molar-refractivity contribution in [3.8, 4) is 5.75 Å². The highest BCUT2D eigenvalue weighted by Gasteiger charge is 2.43. The van der Waals surface area contributed by atoms with Gasteiger partial charge < -0.3 is 10.1 Å². The Hall–Kier alpha value is -2.47. The van der Waals surface area contributed by atoms with Crippen LogP contribution in [0.3, 0.4) is 0 Å². The predicted octanol–water partition coefficient (Wildman–Crippen LogP) is 6.37. The summed E-state index contributed by atoms with van der Waals surface area (Å²) < 4.78 is 45.4. The lowest BCUT2D eigenvalue weighted by atomic mass is 9.78. The first-order chi connectivity index (χ1) is 13.8. The number of hydrogen-bond acceptors (Lipinski definition) is 2. The van der Waals surface area contributed by atoms with E-state index in [-0.39, 0.29) is 24.0 Å². The summed E-state index contributed by atoms with van der Waals surface area (Å²) in [7, 11) is 0. The van der Waals surface area contributed by atoms with E-state index in [9.17, 15) is 18.0 Å². The normalized spacial score (nSPS) is 15.7. The van der Waals surface area contributed by atoms with E-state index in [1.807, 2.05) is 0 Å². The minimum atomic E-state index is -4.61. The molecule has 1 amide bonds. The molecular formula is C22H21ClF3NO2. The highest BCUT2D eigenvalue weighted by molar-refractivity contribution is 6.30. The standard InChI is InChI=1S/C22H21ClF3NO2/c1-2-13-29-19-10-9-17(14-18(19)22(24,25)26)27-20(28)21(11-3-4-12-21)15-5-7-16(23)8-6-15/h2,5-10,14H,1,3-4,11-13H2,(H,27,28). The fourth-order valence-corrected chi connectivity index (χ4v) is 3.87. The van der Waals surface area contributed by atoms with E-state index in [4.69, 9.17) is 16.3 Å². The molecule has 3 nitrogen and oxygen atoms in total. The highest BCUT2D eigenvalue weighted by atomic mass is 35.5. The first kappa shape index (κ1) is 21.2. The second-order valence-electron chi connectivity index (χ2n) is 7.06. The van der Waals surface area contributed by atoms with Crippen LogP contribution in [0.1, 0.15) is 36.8 Å². The van der Waals surface area contributed by atoms with Crippen LogP contribution in [0.25, 0.3) is 0 Å². The van der Waals surface area contributed by atoms with Crippen LogP contribution < -0.4 is 10.1 Å². The van der Waals surface area contributed by atoms with E-state index in [1.165, 1.54) is 18.2 Å². The van der Waals surface area contributed by atoms with E-state index in [0.717, 1.165) is 24.5 Å². The molecule has 7 heteroatoms. The van der Waals surface area contributed by atoms with Gasteiger partial charge in [-0.15, -0.1) is 0 Å². The summed E-state index contributed by atoms with van der Waals surface area (Å²) >= 11 is 5.96. The van der Waals surface area contributed by atoms with Crippen LogP contribution in [-0.4, -0.2) is 12.5 Å². The van der Waals surface area contributed by atoms with Gasteiger partial charge in [-0.3, -0.25) is 4.79 Å². The molecule has 1 aliphatic carbocycles. The van der Waals surface area contributed by atoms with E-state index in [0.29, 0.717) is 17.9 Å². The Balaban J connectivity index is 1.90. The molecule has 1 aliphatic rings. The summed E-state index contributed by atoms with van der Waals surface area (Å²) in [5.41, 5.74) is -0.822. The summed E-state index contributed by atoms with van der Waals surface area (Å²) in [6, 6.07) is 10.6. The van der Waals surface area contributed by atoms with Gasteiger partial charge in [0, 0.05) is 10.7 Å². The Morgan fingerprint density at radius 3 is 2.41 bits per heavy atom. The molecule has 0 aliphatic heterocycles. The Morgan fingerprint density at radius 2 is 1.83 bits per heavy atom. The van der Waals surface area contributed by atoms with Crippen molar-refractivity contribution in [1.29, 1.82) is 0 Å². The van der Waals surface area contributed by atoms with Crippen LogP contribution in [0, 0.1) is 0 Å². The third kappa shape index (κ3) is 4.58. The van der Waals surface area contributed by atoms with Crippen LogP contribution in [0.15, 0.2) is 55.1 Å². The van der Waals surface area contributed by atoms with Crippen LogP contribution in [-0.2, 0) is 16.4 Å². The highest BCUT2D eigenvalue weighted by Crippen LogP contribution is 2.43. The number of hydrogen-bond donors (Lipinski definition) is 1. The van der Waals surface area contributed by atoms with E-state index in [2.05, 4.69) is 11.9 Å². The molecule has 0 unspecified atom stereocenters. The minimum absolute atomic E-state index is 0.0472. The van der Waals surface area contributed by atoms with Crippen molar-refractivity contribution >= 4 is 23.2 Å². The Kier molecular flexibility index (Phi) is 6.22. The molecule has 2 aromatic rings. The molecule has 1 fully saturated rings. The fraction of sp³-hybridized carbons (Fsp3) is 0.318. The van der Waals surface area contributed by atoms with Crippen molar-refractivity contribution in [2.45, 2.75) is 37.3 Å². The van der Waals surface area contributed by atoms with Crippen molar-refractivity contribution in [3.05, 3.63) is 71.3 Å². The Labute approximate surface area is 172 Å². The number of amides is 1. The lowest BCUT2D eigenvalue weighted by Crippen LogP contribution is -2.38. The Morgan fingerprint density at radius 1 is 1.17 bits per heavy atom. The molecule has 0 aromatic heterocycles. The number of halogens is 4. The number of carbonyl (C=O) groups is 1. The zero-order valence-electron chi connectivity index (χ0n) is 15.7. The molecule has 0 spiro atoms. The van der Waals surface area contributed by atoms with Crippen LogP contribution in [0.4, 0.5) is 18.9 Å². The summed E-state index contributed by atoms with van der Waals surface area (Å²) in [6.07, 6.45) is -0.235. The number of carbonyl (C=O) groups excluding carboxylic acids is 1. The van der Waals surface area contributed by atoms with Gasteiger partial charge >= 0.3 is 6.18 Å². The molecule has 3 rings (SSSR count). The Bertz CT molecular complexity index is 888. The number of anilines is 1. The first-order valence-electron chi connectivity index (χ1n) is 9.29. The van der Waals surface area contributed by atoms with Crippen LogP contribution in [0.2, 0.25) is 5.02 Å². The summed E-state index contributed by atoms with van der Waals surface area (Å²) in [6.45, 7) is 3.39. The maximum absolute atomic E-state index is 13.4. The van der Waals surface area contributed by atoms with Crippen LogP contribution in [0.5, 0.6) is 5.75 Å². The molecule has 0 radical (unpaired) electrons. The predicted molar refractivity (Wildman–Crippen MR) is 107 cm³/mol. The van der Waals surface area contributed by atoms with E-state index in [1.54, 1.807) is 24.3 Å². The number of ether oxygens (including phenoxy) is 1. The van der Waals surface area contributed by atoms with Gasteiger partial charge in [0.15, 0.2) is 0 Å². The second-order valence-corrected chi connectivity index (χ2v) is 7.50. The van der Waals surface area contributed by atoms with Gasteiger partial charge in [-0.05, 0) is 48.7 Å². The molecule has 154 valence electrons. The molecule has 2 aromatic carbocycles. The smallest absolute Gasteiger partial charge is 0.420 e. The average molecular weight is 424 g/mol. The van der Waals surface area contributed by atoms with Gasteiger partial charge in [0.2, 0.25) is 5.91 Å². The van der Waals surface area contributed by atoms with Gasteiger partial charge in [-0.1, -0.05) is 49.2 Å². The number of rotatable bonds is 6. The molecule has 0 bridgehead atoms. The third-order valence-corrected chi connectivity index (χ3v) is 5.44. The molecule has 0 atom stereocenters. The van der Waals surface area contributed by atoms with Gasteiger partial charge in [0.1, 0.15) is 12.4 Å². The summed E-state index contributed by atoms with van der Waals surface area (Å²) in [4.78, 5) is 13.2. The lowest BCUT2D eigenvalue weighted by Gasteiger charge is -2.28. The van der Waals surface area contributed by atoms with Crippen molar-refractivity contribution in [3.63, 3.8) is 0 Å². The van der Waals surface area contributed by atoms with Gasteiger partial charge in [-0.2, -0.15) is 13.2 Å². The van der Waals surface area contributed by atoms with Crippen LogP contribution >= 0.6 is 11.6 Å². The van der Waals surface area contributed by atoms with Crippen molar-refractivity contribution in [1.82, 2.24) is 0 Å². The molecule has 1 N–H and O–H groups in total. The van der Waals surface area contributed by atoms with Crippen molar-refractivity contribution in [2.75, 3.05) is 11.9 Å². The SMILES string of the molecule is C=CCOc1ccc(NC(=O)C2(c3ccc(Cl)cc3)CCCC2)cc1C(F)(F)F. The summed E-state index contributed by atoms with van der Waals surface area (Å²) in [5, 5.41) is 3.25. The van der Waals surface area contributed by atoms with E-state index < -0.39 is 17.2 Å². The quantitative estimate of drug-likeness (QED) is 0.548. The molecule has 29 heavy (non-hydrogen) atoms. The maximum Gasteiger partial charge on any atom is 0.420 e. The molecule has 1 saturated carbocycles. The zero-order chi connectivity index (χ0) is 21.1. The maximum atomic E-state index is 13.4. The molecule has 0 saturated heterocycles.